The monoisotopic (exact) mass is 314 g/mol. The second-order valence-electron chi connectivity index (χ2n) is 6.09. The number of nitrogens with two attached hydrogens (primary N) is 1. The molecule has 6 N–H and O–H groups in total. The lowest BCUT2D eigenvalue weighted by atomic mass is 9.84. The summed E-state index contributed by atoms with van der Waals surface area (Å²) in [5, 5.41) is 32.7. The maximum atomic E-state index is 10.1. The summed E-state index contributed by atoms with van der Waals surface area (Å²) in [5.41, 5.74) is 9.93. The molecule has 1 aromatic carbocycles. The van der Waals surface area contributed by atoms with Crippen LogP contribution in [-0.2, 0) is 0 Å². The zero-order valence-electron chi connectivity index (χ0n) is 13.1. The summed E-state index contributed by atoms with van der Waals surface area (Å²) in [6, 6.07) is 2.84. The minimum absolute atomic E-state index is 0.0666. The van der Waals surface area contributed by atoms with Crippen LogP contribution in [0.3, 0.4) is 0 Å². The van der Waals surface area contributed by atoms with Crippen LogP contribution in [0, 0.1) is 0 Å². The highest BCUT2D eigenvalue weighted by molar-refractivity contribution is 5.54. The third-order valence-corrected chi connectivity index (χ3v) is 4.55. The number of allylic oxidation sites excluding steroid dienone is 3. The fourth-order valence-electron chi connectivity index (χ4n) is 3.35. The van der Waals surface area contributed by atoms with Gasteiger partial charge in [-0.15, -0.1) is 0 Å². The van der Waals surface area contributed by atoms with Gasteiger partial charge in [-0.3, -0.25) is 0 Å². The molecule has 0 saturated heterocycles. The molecule has 0 saturated carbocycles. The molecule has 122 valence electrons. The summed E-state index contributed by atoms with van der Waals surface area (Å²) < 4.78 is 0. The Morgan fingerprint density at radius 2 is 2.00 bits per heavy atom. The van der Waals surface area contributed by atoms with Crippen LogP contribution in [0.4, 0.5) is 0 Å². The van der Waals surface area contributed by atoms with Crippen LogP contribution in [0.15, 0.2) is 47.2 Å². The Hall–Kier alpha value is -2.40. The van der Waals surface area contributed by atoms with Crippen molar-refractivity contribution in [2.45, 2.75) is 38.3 Å². The van der Waals surface area contributed by atoms with Crippen molar-refractivity contribution in [2.24, 2.45) is 5.73 Å². The molecule has 5 heteroatoms. The van der Waals surface area contributed by atoms with Crippen LogP contribution in [0.2, 0.25) is 0 Å². The van der Waals surface area contributed by atoms with Gasteiger partial charge in [0.05, 0.1) is 0 Å². The molecular weight excluding hydrogens is 292 g/mol. The molecule has 0 radical (unpaired) electrons. The van der Waals surface area contributed by atoms with E-state index in [0.29, 0.717) is 5.56 Å². The minimum atomic E-state index is -0.489. The quantitative estimate of drug-likeness (QED) is 0.553. The zero-order valence-corrected chi connectivity index (χ0v) is 13.1. The predicted molar refractivity (Wildman–Crippen MR) is 89.1 cm³/mol. The first-order valence-corrected chi connectivity index (χ1v) is 7.84. The smallest absolute Gasteiger partial charge is 0.200 e. The van der Waals surface area contributed by atoms with Crippen molar-refractivity contribution in [3.8, 4) is 17.2 Å². The van der Waals surface area contributed by atoms with Crippen molar-refractivity contribution in [1.82, 2.24) is 5.32 Å². The Labute approximate surface area is 135 Å². The Bertz CT molecular complexity index is 719. The van der Waals surface area contributed by atoms with Crippen molar-refractivity contribution < 1.29 is 15.3 Å². The Balaban J connectivity index is 1.85. The highest BCUT2D eigenvalue weighted by Gasteiger charge is 2.26. The van der Waals surface area contributed by atoms with Gasteiger partial charge in [0.15, 0.2) is 11.5 Å². The molecule has 0 spiro atoms. The standard InChI is InChI=1S/C18H22N2O3/c1-10(12-8-9-15(21)18(23)17(12)22)20-14-7-3-5-11-4-2-6-13(19)16(11)14/h3,5-6,8-10,14,20-23H,2,4,7,19H2,1H3. The van der Waals surface area contributed by atoms with E-state index in [1.807, 2.05) is 6.92 Å². The SMILES string of the molecule is CC(NC1CC=CC2=C1C(N)=CCC2)c1ccc(O)c(O)c1O. The van der Waals surface area contributed by atoms with Gasteiger partial charge < -0.3 is 26.4 Å². The lowest BCUT2D eigenvalue weighted by Gasteiger charge is -2.31. The Morgan fingerprint density at radius 1 is 1.22 bits per heavy atom. The molecule has 0 amide bonds. The Kier molecular flexibility index (Phi) is 4.05. The molecule has 0 aromatic heterocycles. The zero-order chi connectivity index (χ0) is 16.6. The van der Waals surface area contributed by atoms with E-state index in [2.05, 4.69) is 23.5 Å². The third kappa shape index (κ3) is 2.80. The molecule has 0 fully saturated rings. The molecule has 0 bridgehead atoms. The number of hydrogen-bond donors (Lipinski definition) is 5. The van der Waals surface area contributed by atoms with Gasteiger partial charge in [0.1, 0.15) is 0 Å². The number of phenols is 3. The van der Waals surface area contributed by atoms with Crippen LogP contribution in [0.1, 0.15) is 37.8 Å². The van der Waals surface area contributed by atoms with E-state index in [1.54, 1.807) is 6.07 Å². The maximum Gasteiger partial charge on any atom is 0.200 e. The lowest BCUT2D eigenvalue weighted by Crippen LogP contribution is -2.37. The molecule has 0 aliphatic heterocycles. The van der Waals surface area contributed by atoms with Gasteiger partial charge in [0.2, 0.25) is 5.75 Å². The fraction of sp³-hybridized carbons (Fsp3) is 0.333. The molecule has 2 atom stereocenters. The number of rotatable bonds is 3. The van der Waals surface area contributed by atoms with E-state index in [-0.39, 0.29) is 23.6 Å². The molecule has 1 aromatic rings. The first kappa shape index (κ1) is 15.5. The average Bonchev–Trinajstić information content (AvgIpc) is 2.53. The summed E-state index contributed by atoms with van der Waals surface area (Å²) >= 11 is 0. The molecule has 2 aliphatic rings. The van der Waals surface area contributed by atoms with Crippen molar-refractivity contribution in [3.05, 3.63) is 52.8 Å². The summed E-state index contributed by atoms with van der Waals surface area (Å²) in [5.74, 6) is -1.11. The van der Waals surface area contributed by atoms with E-state index in [0.717, 1.165) is 30.5 Å². The number of nitrogens with one attached hydrogen (secondary N) is 1. The van der Waals surface area contributed by atoms with Gasteiger partial charge in [0, 0.05) is 23.3 Å². The second kappa shape index (κ2) is 6.01. The van der Waals surface area contributed by atoms with Gasteiger partial charge in [-0.2, -0.15) is 0 Å². The van der Waals surface area contributed by atoms with Crippen molar-refractivity contribution in [1.29, 1.82) is 0 Å². The average molecular weight is 314 g/mol. The molecular formula is C18H22N2O3. The van der Waals surface area contributed by atoms with E-state index >= 15 is 0 Å². The van der Waals surface area contributed by atoms with Crippen LogP contribution in [0.5, 0.6) is 17.2 Å². The van der Waals surface area contributed by atoms with Gasteiger partial charge >= 0.3 is 0 Å². The van der Waals surface area contributed by atoms with E-state index in [4.69, 9.17) is 5.73 Å². The Morgan fingerprint density at radius 3 is 2.78 bits per heavy atom. The number of phenolic OH excluding ortho intramolecular Hbond substituents is 3. The summed E-state index contributed by atoms with van der Waals surface area (Å²) in [6.45, 7) is 1.91. The van der Waals surface area contributed by atoms with Crippen LogP contribution in [-0.4, -0.2) is 21.4 Å². The molecule has 3 rings (SSSR count). The number of hydrogen-bond acceptors (Lipinski definition) is 5. The third-order valence-electron chi connectivity index (χ3n) is 4.55. The number of benzene rings is 1. The maximum absolute atomic E-state index is 10.1. The topological polar surface area (TPSA) is 98.7 Å². The van der Waals surface area contributed by atoms with Crippen molar-refractivity contribution >= 4 is 0 Å². The fourth-order valence-corrected chi connectivity index (χ4v) is 3.35. The summed E-state index contributed by atoms with van der Waals surface area (Å²) in [7, 11) is 0. The van der Waals surface area contributed by atoms with Crippen LogP contribution < -0.4 is 11.1 Å². The van der Waals surface area contributed by atoms with Gasteiger partial charge in [-0.05, 0) is 49.5 Å². The van der Waals surface area contributed by atoms with Crippen LogP contribution >= 0.6 is 0 Å². The second-order valence-corrected chi connectivity index (χ2v) is 6.09. The summed E-state index contributed by atoms with van der Waals surface area (Å²) in [4.78, 5) is 0. The van der Waals surface area contributed by atoms with Gasteiger partial charge in [-0.25, -0.2) is 0 Å². The minimum Gasteiger partial charge on any atom is -0.504 e. The van der Waals surface area contributed by atoms with E-state index in [1.165, 1.54) is 11.6 Å². The molecule has 23 heavy (non-hydrogen) atoms. The van der Waals surface area contributed by atoms with E-state index < -0.39 is 5.75 Å². The lowest BCUT2D eigenvalue weighted by molar-refractivity contribution is 0.359. The largest absolute Gasteiger partial charge is 0.504 e. The van der Waals surface area contributed by atoms with Gasteiger partial charge in [-0.1, -0.05) is 18.2 Å². The first-order chi connectivity index (χ1) is 11.0. The van der Waals surface area contributed by atoms with Crippen molar-refractivity contribution in [2.75, 3.05) is 0 Å². The molecule has 2 unspecified atom stereocenters. The van der Waals surface area contributed by atoms with Crippen molar-refractivity contribution in [3.63, 3.8) is 0 Å². The van der Waals surface area contributed by atoms with E-state index in [9.17, 15) is 15.3 Å². The molecule has 2 aliphatic carbocycles. The van der Waals surface area contributed by atoms with Gasteiger partial charge in [0.25, 0.3) is 0 Å². The normalized spacial score (nSPS) is 21.8. The van der Waals surface area contributed by atoms with Crippen LogP contribution in [0.25, 0.3) is 0 Å². The highest BCUT2D eigenvalue weighted by Crippen LogP contribution is 2.40. The highest BCUT2D eigenvalue weighted by atomic mass is 16.3. The molecule has 5 nitrogen and oxygen atoms in total. The summed E-state index contributed by atoms with van der Waals surface area (Å²) in [6.07, 6.45) is 9.11. The molecule has 0 heterocycles. The number of aromatic hydroxyl groups is 3. The first-order valence-electron chi connectivity index (χ1n) is 7.84. The predicted octanol–water partition coefficient (Wildman–Crippen LogP) is 2.72.